The highest BCUT2D eigenvalue weighted by Gasteiger charge is 2.30. The molecule has 98 valence electrons. The summed E-state index contributed by atoms with van der Waals surface area (Å²) in [6.45, 7) is 0. The third-order valence-corrected chi connectivity index (χ3v) is 2.68. The van der Waals surface area contributed by atoms with Gasteiger partial charge in [0.15, 0.2) is 0 Å². The van der Waals surface area contributed by atoms with Gasteiger partial charge in [-0.25, -0.2) is 9.89 Å². The number of H-pyrrole nitrogens is 2. The van der Waals surface area contributed by atoms with Gasteiger partial charge in [0.05, 0.1) is 11.1 Å². The van der Waals surface area contributed by atoms with Crippen molar-refractivity contribution in [3.8, 4) is 11.5 Å². The van der Waals surface area contributed by atoms with E-state index >= 15 is 0 Å². The van der Waals surface area contributed by atoms with Crippen molar-refractivity contribution in [3.05, 3.63) is 40.5 Å². The molecule has 0 saturated carbocycles. The molecule has 0 fully saturated rings. The van der Waals surface area contributed by atoms with E-state index in [1.165, 1.54) is 12.3 Å². The zero-order valence-electron chi connectivity index (χ0n) is 9.21. The molecule has 0 atom stereocenters. The number of aromatic nitrogens is 3. The van der Waals surface area contributed by atoms with Gasteiger partial charge in [-0.05, 0) is 12.1 Å². The lowest BCUT2D eigenvalue weighted by Crippen LogP contribution is -2.04. The lowest BCUT2D eigenvalue weighted by atomic mass is 10.1. The number of nitrogens with zero attached hydrogens (tertiary/aromatic N) is 1. The molecule has 8 heteroatoms. The van der Waals surface area contributed by atoms with E-state index in [9.17, 15) is 18.0 Å². The van der Waals surface area contributed by atoms with E-state index in [0.717, 1.165) is 12.1 Å². The highest BCUT2D eigenvalue weighted by Crippen LogP contribution is 2.33. The molecule has 3 aromatic rings. The van der Waals surface area contributed by atoms with Crippen LogP contribution in [-0.4, -0.2) is 15.2 Å². The van der Waals surface area contributed by atoms with Crippen molar-refractivity contribution in [1.82, 2.24) is 15.2 Å². The van der Waals surface area contributed by atoms with E-state index in [-0.39, 0.29) is 11.4 Å². The molecule has 0 spiro atoms. The van der Waals surface area contributed by atoms with Crippen LogP contribution < -0.4 is 5.76 Å². The molecule has 19 heavy (non-hydrogen) atoms. The molecule has 0 aliphatic carbocycles. The monoisotopic (exact) mass is 269 g/mol. The molecule has 5 nitrogen and oxygen atoms in total. The van der Waals surface area contributed by atoms with Crippen molar-refractivity contribution >= 4 is 10.9 Å². The Balaban J connectivity index is 2.18. The Labute approximate surface area is 103 Å². The number of fused-ring (bicyclic) bond motifs is 1. The summed E-state index contributed by atoms with van der Waals surface area (Å²) in [7, 11) is 0. The summed E-state index contributed by atoms with van der Waals surface area (Å²) < 4.78 is 42.4. The van der Waals surface area contributed by atoms with Crippen molar-refractivity contribution < 1.29 is 17.6 Å². The minimum absolute atomic E-state index is 0.0241. The van der Waals surface area contributed by atoms with Gasteiger partial charge in [-0.15, -0.1) is 5.10 Å². The zero-order chi connectivity index (χ0) is 13.6. The molecule has 0 aliphatic heterocycles. The minimum atomic E-state index is -4.40. The van der Waals surface area contributed by atoms with Crippen LogP contribution in [-0.2, 0) is 6.18 Å². The number of halogens is 3. The van der Waals surface area contributed by atoms with Crippen LogP contribution in [0.3, 0.4) is 0 Å². The SMILES string of the molecule is O=c1[nH]nc(-c2c[nH]c3cc(C(F)(F)F)ccc23)o1. The third kappa shape index (κ3) is 1.90. The van der Waals surface area contributed by atoms with Crippen LogP contribution >= 0.6 is 0 Å². The van der Waals surface area contributed by atoms with Crippen molar-refractivity contribution in [1.29, 1.82) is 0 Å². The molecule has 2 heterocycles. The van der Waals surface area contributed by atoms with Gasteiger partial charge < -0.3 is 9.40 Å². The van der Waals surface area contributed by atoms with Gasteiger partial charge in [0.1, 0.15) is 0 Å². The summed E-state index contributed by atoms with van der Waals surface area (Å²) in [5.41, 5.74) is -0.0468. The normalized spacial score (nSPS) is 12.2. The van der Waals surface area contributed by atoms with Crippen LogP contribution in [0.1, 0.15) is 5.56 Å². The maximum absolute atomic E-state index is 12.6. The molecule has 3 rings (SSSR count). The maximum Gasteiger partial charge on any atom is 0.434 e. The second-order valence-electron chi connectivity index (χ2n) is 3.88. The van der Waals surface area contributed by atoms with E-state index in [2.05, 4.69) is 15.2 Å². The first-order chi connectivity index (χ1) is 8.95. The van der Waals surface area contributed by atoms with Gasteiger partial charge in [0, 0.05) is 17.1 Å². The largest absolute Gasteiger partial charge is 0.434 e. The molecule has 2 aromatic heterocycles. The van der Waals surface area contributed by atoms with Crippen molar-refractivity contribution in [2.75, 3.05) is 0 Å². The van der Waals surface area contributed by atoms with Gasteiger partial charge in [-0.2, -0.15) is 13.2 Å². The van der Waals surface area contributed by atoms with E-state index in [0.29, 0.717) is 10.9 Å². The number of benzene rings is 1. The summed E-state index contributed by atoms with van der Waals surface area (Å²) in [6, 6.07) is 3.26. The van der Waals surface area contributed by atoms with Gasteiger partial charge >= 0.3 is 11.9 Å². The lowest BCUT2D eigenvalue weighted by Gasteiger charge is -2.05. The second kappa shape index (κ2) is 3.74. The van der Waals surface area contributed by atoms with Crippen LogP contribution in [0, 0.1) is 0 Å². The molecule has 0 bridgehead atoms. The van der Waals surface area contributed by atoms with Crippen molar-refractivity contribution in [3.63, 3.8) is 0 Å². The number of alkyl halides is 3. The molecule has 0 saturated heterocycles. The number of hydrogen-bond donors (Lipinski definition) is 2. The van der Waals surface area contributed by atoms with Crippen LogP contribution in [0.4, 0.5) is 13.2 Å². The topological polar surface area (TPSA) is 74.7 Å². The Bertz CT molecular complexity index is 797. The third-order valence-electron chi connectivity index (χ3n) is 2.68. The molecule has 0 radical (unpaired) electrons. The fourth-order valence-electron chi connectivity index (χ4n) is 1.82. The molecular formula is C11H6F3N3O2. The average molecular weight is 269 g/mol. The van der Waals surface area contributed by atoms with Gasteiger partial charge in [0.25, 0.3) is 5.89 Å². The van der Waals surface area contributed by atoms with Crippen LogP contribution in [0.25, 0.3) is 22.4 Å². The Morgan fingerprint density at radius 2 is 2.05 bits per heavy atom. The molecule has 0 aliphatic rings. The number of aromatic amines is 2. The quantitative estimate of drug-likeness (QED) is 0.712. The standard InChI is InChI=1S/C11H6F3N3O2/c12-11(13,14)5-1-2-6-7(4-15-8(6)3-5)9-16-17-10(18)19-9/h1-4,15H,(H,17,18). The predicted molar refractivity (Wildman–Crippen MR) is 59.4 cm³/mol. The lowest BCUT2D eigenvalue weighted by molar-refractivity contribution is -0.137. The summed E-state index contributed by atoms with van der Waals surface area (Å²) in [4.78, 5) is 13.6. The van der Waals surface area contributed by atoms with E-state index in [1.807, 2.05) is 0 Å². The molecule has 0 unspecified atom stereocenters. The second-order valence-corrected chi connectivity index (χ2v) is 3.88. The first-order valence-electron chi connectivity index (χ1n) is 5.19. The predicted octanol–water partition coefficient (Wildman–Crippen LogP) is 2.53. The van der Waals surface area contributed by atoms with Crippen molar-refractivity contribution in [2.24, 2.45) is 0 Å². The van der Waals surface area contributed by atoms with E-state index in [4.69, 9.17) is 4.42 Å². The highest BCUT2D eigenvalue weighted by molar-refractivity contribution is 5.93. The summed E-state index contributed by atoms with van der Waals surface area (Å²) in [5, 5.41) is 6.21. The Morgan fingerprint density at radius 3 is 2.68 bits per heavy atom. The molecular weight excluding hydrogens is 263 g/mol. The van der Waals surface area contributed by atoms with Gasteiger partial charge in [-0.3, -0.25) is 0 Å². The minimum Gasteiger partial charge on any atom is -0.388 e. The fourth-order valence-corrected chi connectivity index (χ4v) is 1.82. The van der Waals surface area contributed by atoms with Gasteiger partial charge in [-0.1, -0.05) is 6.07 Å². The van der Waals surface area contributed by atoms with E-state index < -0.39 is 17.5 Å². The Hall–Kier alpha value is -2.51. The first-order valence-corrected chi connectivity index (χ1v) is 5.19. The zero-order valence-corrected chi connectivity index (χ0v) is 9.21. The number of rotatable bonds is 1. The Kier molecular flexibility index (Phi) is 2.28. The molecule has 0 amide bonds. The van der Waals surface area contributed by atoms with Crippen LogP contribution in [0.15, 0.2) is 33.6 Å². The molecule has 1 aromatic carbocycles. The van der Waals surface area contributed by atoms with Crippen LogP contribution in [0.2, 0.25) is 0 Å². The first kappa shape index (κ1) is 11.6. The van der Waals surface area contributed by atoms with Crippen molar-refractivity contribution in [2.45, 2.75) is 6.18 Å². The van der Waals surface area contributed by atoms with E-state index in [1.54, 1.807) is 0 Å². The smallest absolute Gasteiger partial charge is 0.388 e. The van der Waals surface area contributed by atoms with Gasteiger partial charge in [0.2, 0.25) is 0 Å². The number of hydrogen-bond acceptors (Lipinski definition) is 3. The molecule has 2 N–H and O–H groups in total. The maximum atomic E-state index is 12.6. The summed E-state index contributed by atoms with van der Waals surface area (Å²) in [6.07, 6.45) is -2.97. The average Bonchev–Trinajstić information content (AvgIpc) is 2.92. The summed E-state index contributed by atoms with van der Waals surface area (Å²) in [5.74, 6) is -0.702. The summed E-state index contributed by atoms with van der Waals surface area (Å²) >= 11 is 0. The fraction of sp³-hybridized carbons (Fsp3) is 0.0909. The Morgan fingerprint density at radius 1 is 1.26 bits per heavy atom. The number of nitrogens with one attached hydrogen (secondary N) is 2. The van der Waals surface area contributed by atoms with Crippen LogP contribution in [0.5, 0.6) is 0 Å². The highest BCUT2D eigenvalue weighted by atomic mass is 19.4.